The zero-order chi connectivity index (χ0) is 21.2. The molecule has 0 aliphatic carbocycles. The van der Waals surface area contributed by atoms with Crippen molar-refractivity contribution in [2.75, 3.05) is 60.5 Å². The van der Waals surface area contributed by atoms with E-state index in [2.05, 4.69) is 64.7 Å². The number of aryl methyl sites for hydroxylation is 1. The van der Waals surface area contributed by atoms with Crippen molar-refractivity contribution in [3.8, 4) is 0 Å². The second-order valence-electron chi connectivity index (χ2n) is 8.05. The van der Waals surface area contributed by atoms with Crippen molar-refractivity contribution in [3.63, 3.8) is 0 Å². The van der Waals surface area contributed by atoms with Crippen LogP contribution in [0.3, 0.4) is 0 Å². The van der Waals surface area contributed by atoms with Crippen LogP contribution in [0.5, 0.6) is 0 Å². The molecule has 2 unspecified atom stereocenters. The highest BCUT2D eigenvalue weighted by Crippen LogP contribution is 2.20. The molecule has 8 nitrogen and oxygen atoms in total. The van der Waals surface area contributed by atoms with Crippen LogP contribution in [0.2, 0.25) is 0 Å². The Morgan fingerprint density at radius 1 is 1.21 bits per heavy atom. The van der Waals surface area contributed by atoms with Crippen LogP contribution in [-0.4, -0.2) is 92.1 Å². The van der Waals surface area contributed by atoms with Crippen LogP contribution in [0.15, 0.2) is 17.4 Å². The Labute approximate surface area is 176 Å². The number of hydrogen-bond acceptors (Lipinski definition) is 5. The molecule has 0 aromatic carbocycles. The van der Waals surface area contributed by atoms with E-state index in [9.17, 15) is 0 Å². The second-order valence-corrected chi connectivity index (χ2v) is 8.05. The van der Waals surface area contributed by atoms with Crippen molar-refractivity contribution in [1.29, 1.82) is 0 Å². The third-order valence-corrected chi connectivity index (χ3v) is 6.01. The van der Waals surface area contributed by atoms with Crippen LogP contribution in [0, 0.1) is 5.92 Å². The molecule has 8 heteroatoms. The second kappa shape index (κ2) is 12.1. The first-order chi connectivity index (χ1) is 14.0. The molecule has 0 bridgehead atoms. The Morgan fingerprint density at radius 2 is 1.86 bits per heavy atom. The molecule has 0 spiro atoms. The van der Waals surface area contributed by atoms with Gasteiger partial charge in [-0.1, -0.05) is 26.7 Å². The molecule has 2 heterocycles. The standard InChI is InChI=1S/C21H41N7O/c1-7-17(8-2)20(28-9-11-29-12-10-28)15-24-21(22-3)23-14-19(26(4)5)18-13-25-27(6)16-18/h13,16-17,19-20H,7-12,14-15H2,1-6H3,(H2,22,23,24). The molecule has 0 amide bonds. The topological polar surface area (TPSA) is 70.0 Å². The fourth-order valence-electron chi connectivity index (χ4n) is 4.16. The van der Waals surface area contributed by atoms with Crippen molar-refractivity contribution in [2.24, 2.45) is 18.0 Å². The van der Waals surface area contributed by atoms with Gasteiger partial charge in [-0.15, -0.1) is 0 Å². The van der Waals surface area contributed by atoms with Gasteiger partial charge in [0.05, 0.1) is 25.5 Å². The van der Waals surface area contributed by atoms with E-state index in [4.69, 9.17) is 4.74 Å². The summed E-state index contributed by atoms with van der Waals surface area (Å²) in [4.78, 5) is 9.25. The van der Waals surface area contributed by atoms with E-state index in [1.54, 1.807) is 0 Å². The summed E-state index contributed by atoms with van der Waals surface area (Å²) in [5.41, 5.74) is 1.20. The Balaban J connectivity index is 1.95. The third-order valence-electron chi connectivity index (χ3n) is 6.01. The summed E-state index contributed by atoms with van der Waals surface area (Å²) < 4.78 is 7.41. The largest absolute Gasteiger partial charge is 0.379 e. The van der Waals surface area contributed by atoms with Crippen molar-refractivity contribution >= 4 is 5.96 Å². The third kappa shape index (κ3) is 6.97. The van der Waals surface area contributed by atoms with Gasteiger partial charge in [0.25, 0.3) is 0 Å². The minimum absolute atomic E-state index is 0.233. The normalized spacial score (nSPS) is 18.3. The summed E-state index contributed by atoms with van der Waals surface area (Å²) in [6.45, 7) is 9.95. The molecule has 2 rings (SSSR count). The van der Waals surface area contributed by atoms with Gasteiger partial charge in [-0.25, -0.2) is 0 Å². The lowest BCUT2D eigenvalue weighted by molar-refractivity contribution is 0.00272. The Hall–Kier alpha value is -1.64. The van der Waals surface area contributed by atoms with E-state index in [0.717, 1.165) is 45.4 Å². The minimum Gasteiger partial charge on any atom is -0.379 e. The van der Waals surface area contributed by atoms with Crippen molar-refractivity contribution < 1.29 is 4.74 Å². The van der Waals surface area contributed by atoms with Gasteiger partial charge in [-0.3, -0.25) is 14.6 Å². The summed E-state index contributed by atoms with van der Waals surface area (Å²) in [7, 11) is 7.98. The predicted octanol–water partition coefficient (Wildman–Crippen LogP) is 1.32. The SMILES string of the molecule is CCC(CC)C(CNC(=NC)NCC(c1cnn(C)c1)N(C)C)N1CCOCC1. The number of nitrogens with one attached hydrogen (secondary N) is 2. The molecule has 2 atom stereocenters. The van der Waals surface area contributed by atoms with Gasteiger partial charge in [0.2, 0.25) is 0 Å². The number of ether oxygens (including phenoxy) is 1. The quantitative estimate of drug-likeness (QED) is 0.450. The summed E-state index contributed by atoms with van der Waals surface area (Å²) in [6, 6.07) is 0.728. The summed E-state index contributed by atoms with van der Waals surface area (Å²) >= 11 is 0. The lowest BCUT2D eigenvalue weighted by Gasteiger charge is -2.39. The van der Waals surface area contributed by atoms with Crippen LogP contribution in [0.1, 0.15) is 38.3 Å². The monoisotopic (exact) mass is 407 g/mol. The molecular weight excluding hydrogens is 366 g/mol. The predicted molar refractivity (Wildman–Crippen MR) is 119 cm³/mol. The molecule has 1 aliphatic rings. The maximum Gasteiger partial charge on any atom is 0.191 e. The lowest BCUT2D eigenvalue weighted by Crippen LogP contribution is -2.53. The zero-order valence-corrected chi connectivity index (χ0v) is 19.2. The average Bonchev–Trinajstić information content (AvgIpc) is 3.15. The fraction of sp³-hybridized carbons (Fsp3) is 0.810. The number of morpholine rings is 1. The fourth-order valence-corrected chi connectivity index (χ4v) is 4.16. The van der Waals surface area contributed by atoms with Crippen LogP contribution >= 0.6 is 0 Å². The van der Waals surface area contributed by atoms with Crippen molar-refractivity contribution in [1.82, 2.24) is 30.2 Å². The van der Waals surface area contributed by atoms with Gasteiger partial charge >= 0.3 is 0 Å². The molecular formula is C21H41N7O. The van der Waals surface area contributed by atoms with Gasteiger partial charge in [-0.05, 0) is 20.0 Å². The maximum atomic E-state index is 5.57. The van der Waals surface area contributed by atoms with Crippen LogP contribution < -0.4 is 10.6 Å². The Kier molecular flexibility index (Phi) is 9.90. The highest BCUT2D eigenvalue weighted by Gasteiger charge is 2.27. The summed E-state index contributed by atoms with van der Waals surface area (Å²) in [6.07, 6.45) is 6.39. The van der Waals surface area contributed by atoms with Crippen LogP contribution in [0.4, 0.5) is 0 Å². The molecule has 166 valence electrons. The Bertz CT molecular complexity index is 606. The van der Waals surface area contributed by atoms with E-state index in [1.165, 1.54) is 18.4 Å². The van der Waals surface area contributed by atoms with Crippen LogP contribution in [-0.2, 0) is 11.8 Å². The van der Waals surface area contributed by atoms with E-state index < -0.39 is 0 Å². The van der Waals surface area contributed by atoms with E-state index in [1.807, 2.05) is 25.0 Å². The number of rotatable bonds is 10. The number of aliphatic imine (C=N–C) groups is 1. The highest BCUT2D eigenvalue weighted by molar-refractivity contribution is 5.79. The van der Waals surface area contributed by atoms with E-state index >= 15 is 0 Å². The number of nitrogens with zero attached hydrogens (tertiary/aromatic N) is 5. The molecule has 29 heavy (non-hydrogen) atoms. The first-order valence-corrected chi connectivity index (χ1v) is 10.9. The zero-order valence-electron chi connectivity index (χ0n) is 19.2. The maximum absolute atomic E-state index is 5.57. The van der Waals surface area contributed by atoms with Gasteiger partial charge in [0.15, 0.2) is 5.96 Å². The van der Waals surface area contributed by atoms with Gasteiger partial charge in [0.1, 0.15) is 0 Å². The number of aromatic nitrogens is 2. The molecule has 0 saturated carbocycles. The first-order valence-electron chi connectivity index (χ1n) is 10.9. The van der Waals surface area contributed by atoms with Gasteiger partial charge in [-0.2, -0.15) is 5.10 Å². The first kappa shape index (κ1) is 23.6. The highest BCUT2D eigenvalue weighted by atomic mass is 16.5. The van der Waals surface area contributed by atoms with Crippen LogP contribution in [0.25, 0.3) is 0 Å². The van der Waals surface area contributed by atoms with Crippen molar-refractivity contribution in [2.45, 2.75) is 38.8 Å². The Morgan fingerprint density at radius 3 is 2.38 bits per heavy atom. The molecule has 1 saturated heterocycles. The average molecular weight is 408 g/mol. The molecule has 1 fully saturated rings. The molecule has 1 aromatic heterocycles. The molecule has 0 radical (unpaired) electrons. The smallest absolute Gasteiger partial charge is 0.191 e. The van der Waals surface area contributed by atoms with Crippen molar-refractivity contribution in [3.05, 3.63) is 18.0 Å². The van der Waals surface area contributed by atoms with Gasteiger partial charge < -0.3 is 20.3 Å². The van der Waals surface area contributed by atoms with Gasteiger partial charge in [0, 0.05) is 58.1 Å². The number of hydrogen-bond donors (Lipinski definition) is 2. The molecule has 1 aliphatic heterocycles. The van der Waals surface area contributed by atoms with E-state index in [0.29, 0.717) is 12.0 Å². The number of likely N-dealkylation sites (N-methyl/N-ethyl adjacent to an activating group) is 1. The summed E-state index contributed by atoms with van der Waals surface area (Å²) in [5.74, 6) is 1.52. The lowest BCUT2D eigenvalue weighted by atomic mass is 9.92. The molecule has 2 N–H and O–H groups in total. The summed E-state index contributed by atoms with van der Waals surface area (Å²) in [5, 5.41) is 11.4. The number of guanidine groups is 1. The van der Waals surface area contributed by atoms with E-state index in [-0.39, 0.29) is 6.04 Å². The molecule has 1 aromatic rings. The minimum atomic E-state index is 0.233.